The van der Waals surface area contributed by atoms with Crippen molar-refractivity contribution in [3.63, 3.8) is 0 Å². The van der Waals surface area contributed by atoms with Crippen LogP contribution in [0.2, 0.25) is 10.0 Å². The van der Waals surface area contributed by atoms with Crippen LogP contribution in [0.1, 0.15) is 75.2 Å². The lowest BCUT2D eigenvalue weighted by Gasteiger charge is -2.39. The molecule has 2 unspecified atom stereocenters. The largest absolute Gasteiger partial charge is 0.373 e. The van der Waals surface area contributed by atoms with E-state index in [1.807, 2.05) is 46.2 Å². The summed E-state index contributed by atoms with van der Waals surface area (Å²) < 4.78 is 12.4. The first-order valence-corrected chi connectivity index (χ1v) is 16.7. The molecule has 0 radical (unpaired) electrons. The Labute approximate surface area is 273 Å². The number of amides is 3. The Bertz CT molecular complexity index is 1630. The number of benzene rings is 2. The minimum absolute atomic E-state index is 0.0154. The van der Waals surface area contributed by atoms with E-state index in [9.17, 15) is 9.59 Å². The molecule has 2 bridgehead atoms. The average Bonchev–Trinajstić information content (AvgIpc) is 3.75. The number of nitrogens with zero attached hydrogens (tertiary/aromatic N) is 3. The molecule has 4 atom stereocenters. The molecule has 7 rings (SSSR count). The number of hydrogen-bond donors (Lipinski definition) is 1. The number of ether oxygens (including phenoxy) is 1. The number of nitrogens with one attached hydrogen (secondary N) is 1. The molecule has 45 heavy (non-hydrogen) atoms. The molecule has 236 valence electrons. The molecule has 1 saturated carbocycles. The lowest BCUT2D eigenvalue weighted by molar-refractivity contribution is -0.128. The van der Waals surface area contributed by atoms with Crippen LogP contribution in [0.5, 0.6) is 0 Å². The Morgan fingerprint density at radius 1 is 1.09 bits per heavy atom. The van der Waals surface area contributed by atoms with Crippen molar-refractivity contribution >= 4 is 46.4 Å². The van der Waals surface area contributed by atoms with Crippen LogP contribution in [-0.4, -0.2) is 58.2 Å². The summed E-state index contributed by atoms with van der Waals surface area (Å²) >= 11 is 13.1. The van der Waals surface area contributed by atoms with E-state index >= 15 is 0 Å². The highest BCUT2D eigenvalue weighted by Crippen LogP contribution is 2.47. The smallest absolute Gasteiger partial charge is 0.322 e. The molecule has 4 heterocycles. The molecule has 1 aliphatic carbocycles. The third kappa shape index (κ3) is 6.12. The SMILES string of the molecule is CC(=O)N1CC=C(c2cccc(NC(=O)N3C4C[C@H](OCc5c(-c6c(Cl)cccc6Cl)noc5C5CC5)CC3[C@H](C)C4)c2)CC1. The first kappa shape index (κ1) is 30.3. The monoisotopic (exact) mass is 648 g/mol. The highest BCUT2D eigenvalue weighted by Gasteiger charge is 2.48. The number of aromatic nitrogens is 1. The minimum atomic E-state index is -0.0592. The fraction of sp³-hybridized carbons (Fsp3) is 0.457. The van der Waals surface area contributed by atoms with Gasteiger partial charge in [0.2, 0.25) is 5.91 Å². The van der Waals surface area contributed by atoms with Gasteiger partial charge >= 0.3 is 6.03 Å². The molecule has 4 aliphatic rings. The molecule has 0 spiro atoms. The zero-order valence-electron chi connectivity index (χ0n) is 25.6. The van der Waals surface area contributed by atoms with Gasteiger partial charge in [-0.3, -0.25) is 4.79 Å². The lowest BCUT2D eigenvalue weighted by Crippen LogP contribution is -2.51. The predicted octanol–water partition coefficient (Wildman–Crippen LogP) is 8.15. The first-order valence-electron chi connectivity index (χ1n) is 16.0. The van der Waals surface area contributed by atoms with Gasteiger partial charge in [0.1, 0.15) is 11.5 Å². The van der Waals surface area contributed by atoms with Crippen LogP contribution in [-0.2, 0) is 16.1 Å². The van der Waals surface area contributed by atoms with Gasteiger partial charge in [0, 0.05) is 54.8 Å². The van der Waals surface area contributed by atoms with Crippen molar-refractivity contribution in [2.75, 3.05) is 18.4 Å². The van der Waals surface area contributed by atoms with Crippen LogP contribution in [0.15, 0.2) is 53.1 Å². The van der Waals surface area contributed by atoms with Crippen molar-refractivity contribution in [1.29, 1.82) is 0 Å². The minimum Gasteiger partial charge on any atom is -0.373 e. The van der Waals surface area contributed by atoms with Crippen molar-refractivity contribution in [1.82, 2.24) is 15.0 Å². The van der Waals surface area contributed by atoms with Gasteiger partial charge in [0.05, 0.1) is 22.8 Å². The number of urea groups is 1. The Kier molecular flexibility index (Phi) is 8.40. The molecule has 2 saturated heterocycles. The molecule has 1 N–H and O–H groups in total. The summed E-state index contributed by atoms with van der Waals surface area (Å²) in [6.45, 7) is 5.53. The van der Waals surface area contributed by atoms with Crippen molar-refractivity contribution in [3.05, 3.63) is 75.5 Å². The Hall–Kier alpha value is -3.33. The molecule has 3 fully saturated rings. The number of hydrogen-bond acceptors (Lipinski definition) is 5. The fourth-order valence-electron chi connectivity index (χ4n) is 7.37. The van der Waals surface area contributed by atoms with Crippen molar-refractivity contribution in [2.24, 2.45) is 5.92 Å². The standard InChI is InChI=1S/C35H38Cl2N4O4/c1-20-15-26-17-27(44-19-28-33(39-45-34(28)23-9-10-23)32-29(36)7-4-8-30(32)37)18-31(20)41(26)35(43)38-25-6-3-5-24(16-25)22-11-13-40(14-12-22)21(2)42/h3-8,11,16,20,23,26-27,31H,9-10,12-15,17-19H2,1-2H3,(H,38,43)/t20-,26?,27+,31?/m1/s1. The van der Waals surface area contributed by atoms with Gasteiger partial charge in [-0.15, -0.1) is 0 Å². The van der Waals surface area contributed by atoms with Crippen LogP contribution in [0, 0.1) is 5.92 Å². The topological polar surface area (TPSA) is 87.9 Å². The number of rotatable bonds is 7. The number of carbonyl (C=O) groups is 2. The molecule has 3 aliphatic heterocycles. The molecular formula is C35H38Cl2N4O4. The molecule has 8 nitrogen and oxygen atoms in total. The second-order valence-electron chi connectivity index (χ2n) is 12.9. The third-order valence-electron chi connectivity index (χ3n) is 9.89. The average molecular weight is 650 g/mol. The first-order chi connectivity index (χ1) is 21.8. The van der Waals surface area contributed by atoms with E-state index in [0.717, 1.165) is 61.1 Å². The van der Waals surface area contributed by atoms with Gasteiger partial charge in [0.25, 0.3) is 0 Å². The summed E-state index contributed by atoms with van der Waals surface area (Å²) in [5.41, 5.74) is 5.32. The number of carbonyl (C=O) groups excluding carboxylic acids is 2. The second-order valence-corrected chi connectivity index (χ2v) is 13.8. The van der Waals surface area contributed by atoms with E-state index in [1.54, 1.807) is 6.92 Å². The van der Waals surface area contributed by atoms with E-state index < -0.39 is 0 Å². The number of fused-ring (bicyclic) bond motifs is 2. The zero-order chi connectivity index (χ0) is 31.2. The van der Waals surface area contributed by atoms with E-state index in [1.165, 1.54) is 5.57 Å². The molecule has 3 aromatic rings. The quantitative estimate of drug-likeness (QED) is 0.279. The maximum atomic E-state index is 13.7. The highest BCUT2D eigenvalue weighted by molar-refractivity contribution is 6.39. The summed E-state index contributed by atoms with van der Waals surface area (Å²) in [4.78, 5) is 29.3. The van der Waals surface area contributed by atoms with Gasteiger partial charge in [-0.1, -0.05) is 59.6 Å². The van der Waals surface area contributed by atoms with Crippen LogP contribution in [0.4, 0.5) is 10.5 Å². The van der Waals surface area contributed by atoms with Gasteiger partial charge in [-0.2, -0.15) is 0 Å². The molecule has 3 amide bonds. The van der Waals surface area contributed by atoms with Gasteiger partial charge in [0.15, 0.2) is 0 Å². The van der Waals surface area contributed by atoms with Gasteiger partial charge in [-0.25, -0.2) is 4.79 Å². The molecule has 2 aromatic carbocycles. The normalized spacial score (nSPS) is 24.5. The third-order valence-corrected chi connectivity index (χ3v) is 10.5. The number of anilines is 1. The summed E-state index contributed by atoms with van der Waals surface area (Å²) in [6, 6.07) is 13.6. The summed E-state index contributed by atoms with van der Waals surface area (Å²) in [7, 11) is 0. The zero-order valence-corrected chi connectivity index (χ0v) is 27.1. The Morgan fingerprint density at radius 3 is 2.56 bits per heavy atom. The van der Waals surface area contributed by atoms with E-state index in [2.05, 4.69) is 29.5 Å². The fourth-order valence-corrected chi connectivity index (χ4v) is 7.95. The van der Waals surface area contributed by atoms with Crippen molar-refractivity contribution in [2.45, 2.75) is 83.1 Å². The van der Waals surface area contributed by atoms with Crippen LogP contribution in [0.25, 0.3) is 16.8 Å². The summed E-state index contributed by atoms with van der Waals surface area (Å²) in [5.74, 6) is 1.71. The molecule has 10 heteroatoms. The Balaban J connectivity index is 1.02. The van der Waals surface area contributed by atoms with Crippen molar-refractivity contribution in [3.8, 4) is 11.3 Å². The van der Waals surface area contributed by atoms with Crippen LogP contribution >= 0.6 is 23.2 Å². The highest BCUT2D eigenvalue weighted by atomic mass is 35.5. The maximum Gasteiger partial charge on any atom is 0.322 e. The van der Waals surface area contributed by atoms with Gasteiger partial charge < -0.3 is 24.4 Å². The van der Waals surface area contributed by atoms with E-state index in [-0.39, 0.29) is 30.1 Å². The van der Waals surface area contributed by atoms with Crippen molar-refractivity contribution < 1.29 is 18.8 Å². The second kappa shape index (κ2) is 12.5. The van der Waals surface area contributed by atoms with Crippen LogP contribution in [0.3, 0.4) is 0 Å². The van der Waals surface area contributed by atoms with E-state index in [0.29, 0.717) is 52.8 Å². The molecule has 1 aromatic heterocycles. The van der Waals surface area contributed by atoms with E-state index in [4.69, 9.17) is 32.5 Å². The van der Waals surface area contributed by atoms with Crippen LogP contribution < -0.4 is 5.32 Å². The predicted molar refractivity (Wildman–Crippen MR) is 175 cm³/mol. The number of piperidine rings is 1. The number of halogens is 2. The maximum absolute atomic E-state index is 13.7. The molecular weight excluding hydrogens is 611 g/mol. The van der Waals surface area contributed by atoms with Gasteiger partial charge in [-0.05, 0) is 79.8 Å². The summed E-state index contributed by atoms with van der Waals surface area (Å²) in [6.07, 6.45) is 7.59. The lowest BCUT2D eigenvalue weighted by atomic mass is 9.97. The Morgan fingerprint density at radius 2 is 1.87 bits per heavy atom. The summed E-state index contributed by atoms with van der Waals surface area (Å²) in [5, 5.41) is 8.65.